The van der Waals surface area contributed by atoms with Crippen LogP contribution in [-0.4, -0.2) is 40.2 Å². The summed E-state index contributed by atoms with van der Waals surface area (Å²) >= 11 is 1.71. The normalized spacial score (nSPS) is 10.9. The van der Waals surface area contributed by atoms with Gasteiger partial charge < -0.3 is 9.47 Å². The first kappa shape index (κ1) is 13.9. The van der Waals surface area contributed by atoms with E-state index >= 15 is 0 Å². The number of benzene rings is 1. The van der Waals surface area contributed by atoms with Crippen LogP contribution in [0.25, 0.3) is 11.0 Å². The molecule has 0 fully saturated rings. The molecule has 0 bridgehead atoms. The molecule has 0 aliphatic heterocycles. The lowest BCUT2D eigenvalue weighted by Crippen LogP contribution is -2.21. The molecule has 1 heterocycles. The van der Waals surface area contributed by atoms with Gasteiger partial charge in [-0.1, -0.05) is 23.9 Å². The molecule has 0 radical (unpaired) electrons. The van der Waals surface area contributed by atoms with Crippen LogP contribution in [0.4, 0.5) is 0 Å². The minimum absolute atomic E-state index is 0.186. The molecule has 19 heavy (non-hydrogen) atoms. The van der Waals surface area contributed by atoms with Crippen molar-refractivity contribution >= 4 is 28.7 Å². The van der Waals surface area contributed by atoms with E-state index in [4.69, 9.17) is 0 Å². The van der Waals surface area contributed by atoms with Gasteiger partial charge in [0.2, 0.25) is 5.91 Å². The molecule has 5 heteroatoms. The van der Waals surface area contributed by atoms with E-state index in [9.17, 15) is 4.79 Å². The third-order valence-electron chi connectivity index (χ3n) is 3.01. The van der Waals surface area contributed by atoms with E-state index in [0.717, 1.165) is 28.4 Å². The lowest BCUT2D eigenvalue weighted by Gasteiger charge is -2.09. The summed E-state index contributed by atoms with van der Waals surface area (Å²) in [6, 6.07) is 8.12. The molecule has 0 saturated carbocycles. The van der Waals surface area contributed by atoms with Crippen LogP contribution in [0.3, 0.4) is 0 Å². The van der Waals surface area contributed by atoms with Gasteiger partial charge in [-0.15, -0.1) is 0 Å². The van der Waals surface area contributed by atoms with E-state index in [1.807, 2.05) is 25.2 Å². The van der Waals surface area contributed by atoms with E-state index in [-0.39, 0.29) is 5.91 Å². The summed E-state index contributed by atoms with van der Waals surface area (Å²) in [6.45, 7) is 0. The Morgan fingerprint density at radius 3 is 2.79 bits per heavy atom. The summed E-state index contributed by atoms with van der Waals surface area (Å²) in [6.07, 6.45) is 1.48. The summed E-state index contributed by atoms with van der Waals surface area (Å²) in [4.78, 5) is 17.7. The van der Waals surface area contributed by atoms with Crippen molar-refractivity contribution in [1.29, 1.82) is 0 Å². The zero-order chi connectivity index (χ0) is 13.8. The largest absolute Gasteiger partial charge is 0.349 e. The molecule has 0 saturated heterocycles. The topological polar surface area (TPSA) is 38.1 Å². The van der Waals surface area contributed by atoms with Gasteiger partial charge in [-0.05, 0) is 18.6 Å². The SMILES string of the molecule is CN(C)C(=O)CCCSc1nc2ccccc2n1C. The van der Waals surface area contributed by atoms with Gasteiger partial charge in [0.05, 0.1) is 11.0 Å². The van der Waals surface area contributed by atoms with Crippen molar-refractivity contribution < 1.29 is 4.79 Å². The summed E-state index contributed by atoms with van der Waals surface area (Å²) < 4.78 is 2.10. The average molecular weight is 277 g/mol. The number of nitrogens with zero attached hydrogens (tertiary/aromatic N) is 3. The van der Waals surface area contributed by atoms with Gasteiger partial charge in [0, 0.05) is 33.3 Å². The van der Waals surface area contributed by atoms with Gasteiger partial charge in [-0.2, -0.15) is 0 Å². The van der Waals surface area contributed by atoms with Crippen molar-refractivity contribution in [3.8, 4) is 0 Å². The van der Waals surface area contributed by atoms with Crippen molar-refractivity contribution in [2.24, 2.45) is 7.05 Å². The van der Waals surface area contributed by atoms with E-state index in [0.29, 0.717) is 6.42 Å². The second-order valence-electron chi connectivity index (χ2n) is 4.68. The monoisotopic (exact) mass is 277 g/mol. The highest BCUT2D eigenvalue weighted by molar-refractivity contribution is 7.99. The standard InChI is InChI=1S/C14H19N3OS/c1-16(2)13(18)9-6-10-19-14-15-11-7-4-5-8-12(11)17(14)3/h4-5,7-8H,6,9-10H2,1-3H3. The van der Waals surface area contributed by atoms with Crippen LogP contribution in [-0.2, 0) is 11.8 Å². The van der Waals surface area contributed by atoms with Crippen molar-refractivity contribution in [2.75, 3.05) is 19.8 Å². The maximum atomic E-state index is 11.5. The van der Waals surface area contributed by atoms with Gasteiger partial charge in [0.15, 0.2) is 5.16 Å². The molecule has 4 nitrogen and oxygen atoms in total. The fourth-order valence-electron chi connectivity index (χ4n) is 1.86. The highest BCUT2D eigenvalue weighted by Crippen LogP contribution is 2.23. The van der Waals surface area contributed by atoms with Crippen LogP contribution >= 0.6 is 11.8 Å². The Labute approximate surface area is 117 Å². The molecule has 2 rings (SSSR count). The molecular formula is C14H19N3OS. The van der Waals surface area contributed by atoms with Crippen LogP contribution in [0.1, 0.15) is 12.8 Å². The molecular weight excluding hydrogens is 258 g/mol. The van der Waals surface area contributed by atoms with E-state index in [1.54, 1.807) is 30.8 Å². The number of hydrogen-bond donors (Lipinski definition) is 0. The Morgan fingerprint density at radius 2 is 2.11 bits per heavy atom. The Bertz CT molecular complexity index is 577. The first-order valence-electron chi connectivity index (χ1n) is 6.34. The fraction of sp³-hybridized carbons (Fsp3) is 0.429. The second kappa shape index (κ2) is 6.10. The highest BCUT2D eigenvalue weighted by Gasteiger charge is 2.08. The number of imidazole rings is 1. The van der Waals surface area contributed by atoms with Crippen molar-refractivity contribution in [3.63, 3.8) is 0 Å². The maximum absolute atomic E-state index is 11.5. The molecule has 0 aliphatic rings. The minimum atomic E-state index is 0.186. The Hall–Kier alpha value is -1.49. The molecule has 0 unspecified atom stereocenters. The molecule has 0 atom stereocenters. The first-order valence-corrected chi connectivity index (χ1v) is 7.32. The number of fused-ring (bicyclic) bond motifs is 1. The first-order chi connectivity index (χ1) is 9.09. The van der Waals surface area contributed by atoms with Crippen LogP contribution in [0.5, 0.6) is 0 Å². The zero-order valence-corrected chi connectivity index (χ0v) is 12.4. The Morgan fingerprint density at radius 1 is 1.37 bits per heavy atom. The number of aromatic nitrogens is 2. The Kier molecular flexibility index (Phi) is 4.47. The van der Waals surface area contributed by atoms with E-state index in [2.05, 4.69) is 15.6 Å². The predicted molar refractivity (Wildman–Crippen MR) is 79.4 cm³/mol. The lowest BCUT2D eigenvalue weighted by molar-refractivity contribution is -0.128. The van der Waals surface area contributed by atoms with Crippen LogP contribution in [0.15, 0.2) is 29.4 Å². The molecule has 1 aromatic heterocycles. The molecule has 102 valence electrons. The van der Waals surface area contributed by atoms with Gasteiger partial charge in [0.25, 0.3) is 0 Å². The Balaban J connectivity index is 1.92. The van der Waals surface area contributed by atoms with Gasteiger partial charge in [-0.25, -0.2) is 4.98 Å². The van der Waals surface area contributed by atoms with Gasteiger partial charge in [0.1, 0.15) is 0 Å². The highest BCUT2D eigenvalue weighted by atomic mass is 32.2. The number of amides is 1. The third-order valence-corrected chi connectivity index (χ3v) is 4.13. The van der Waals surface area contributed by atoms with Crippen LogP contribution < -0.4 is 0 Å². The van der Waals surface area contributed by atoms with Crippen LogP contribution in [0, 0.1) is 0 Å². The van der Waals surface area contributed by atoms with Crippen LogP contribution in [0.2, 0.25) is 0 Å². The van der Waals surface area contributed by atoms with E-state index < -0.39 is 0 Å². The summed E-state index contributed by atoms with van der Waals surface area (Å²) in [7, 11) is 5.62. The molecule has 1 amide bonds. The molecule has 0 N–H and O–H groups in total. The fourth-order valence-corrected chi connectivity index (χ4v) is 2.79. The van der Waals surface area contributed by atoms with E-state index in [1.165, 1.54) is 0 Å². The smallest absolute Gasteiger partial charge is 0.222 e. The molecule has 1 aromatic carbocycles. The third kappa shape index (κ3) is 3.29. The quantitative estimate of drug-likeness (QED) is 0.622. The molecule has 0 aliphatic carbocycles. The van der Waals surface area contributed by atoms with Gasteiger partial charge in [-0.3, -0.25) is 4.79 Å². The van der Waals surface area contributed by atoms with Crippen molar-refractivity contribution in [1.82, 2.24) is 14.5 Å². The number of rotatable bonds is 5. The summed E-state index contributed by atoms with van der Waals surface area (Å²) in [5, 5.41) is 1.01. The van der Waals surface area contributed by atoms with Crippen molar-refractivity contribution in [3.05, 3.63) is 24.3 Å². The predicted octanol–water partition coefficient (Wildman–Crippen LogP) is 2.53. The molecule has 0 spiro atoms. The number of carbonyl (C=O) groups excluding carboxylic acids is 1. The maximum Gasteiger partial charge on any atom is 0.222 e. The number of aryl methyl sites for hydroxylation is 1. The number of thioether (sulfide) groups is 1. The summed E-state index contributed by atoms with van der Waals surface area (Å²) in [5.74, 6) is 1.10. The van der Waals surface area contributed by atoms with Crippen molar-refractivity contribution in [2.45, 2.75) is 18.0 Å². The molecule has 2 aromatic rings. The number of para-hydroxylation sites is 2. The minimum Gasteiger partial charge on any atom is -0.349 e. The zero-order valence-electron chi connectivity index (χ0n) is 11.6. The number of carbonyl (C=O) groups is 1. The average Bonchev–Trinajstić information content (AvgIpc) is 2.72. The lowest BCUT2D eigenvalue weighted by atomic mass is 10.3. The second-order valence-corrected chi connectivity index (χ2v) is 5.74. The van der Waals surface area contributed by atoms with Gasteiger partial charge >= 0.3 is 0 Å². The summed E-state index contributed by atoms with van der Waals surface area (Å²) in [5.41, 5.74) is 2.17. The number of hydrogen-bond acceptors (Lipinski definition) is 3.